The third-order valence-electron chi connectivity index (χ3n) is 1.96. The molecule has 0 fully saturated rings. The molecule has 3 heteroatoms. The predicted molar refractivity (Wildman–Crippen MR) is 52.5 cm³/mol. The molecule has 3 nitrogen and oxygen atoms in total. The van der Waals surface area contributed by atoms with Gasteiger partial charge < -0.3 is 9.15 Å². The van der Waals surface area contributed by atoms with E-state index >= 15 is 0 Å². The summed E-state index contributed by atoms with van der Waals surface area (Å²) in [5, 5.41) is 0. The lowest BCUT2D eigenvalue weighted by atomic mass is 10.1. The summed E-state index contributed by atoms with van der Waals surface area (Å²) in [7, 11) is 0. The highest BCUT2D eigenvalue weighted by Crippen LogP contribution is 2.25. The molecule has 0 radical (unpaired) electrons. The zero-order chi connectivity index (χ0) is 9.97. The van der Waals surface area contributed by atoms with Crippen LogP contribution in [0, 0.1) is 13.8 Å². The highest BCUT2D eigenvalue weighted by molar-refractivity contribution is 5.37. The van der Waals surface area contributed by atoms with Gasteiger partial charge in [-0.15, -0.1) is 0 Å². The van der Waals surface area contributed by atoms with Crippen LogP contribution in [0.15, 0.2) is 35.2 Å². The van der Waals surface area contributed by atoms with Crippen LogP contribution >= 0.6 is 0 Å². The van der Waals surface area contributed by atoms with Crippen LogP contribution in [0.3, 0.4) is 0 Å². The van der Waals surface area contributed by atoms with Crippen molar-refractivity contribution in [3.8, 4) is 11.7 Å². The number of benzene rings is 1. The molecule has 0 saturated heterocycles. The maximum atomic E-state index is 5.50. The number of hydrogen-bond acceptors (Lipinski definition) is 3. The zero-order valence-corrected chi connectivity index (χ0v) is 8.15. The molecule has 0 amide bonds. The first-order valence-electron chi connectivity index (χ1n) is 4.39. The van der Waals surface area contributed by atoms with Gasteiger partial charge in [-0.1, -0.05) is 12.1 Å². The molecule has 1 heterocycles. The van der Waals surface area contributed by atoms with Crippen LogP contribution in [0.5, 0.6) is 11.7 Å². The Labute approximate surface area is 82.3 Å². The van der Waals surface area contributed by atoms with Crippen molar-refractivity contribution < 1.29 is 9.15 Å². The molecule has 0 bridgehead atoms. The molecular weight excluding hydrogens is 178 g/mol. The molecular formula is C11H11NO2. The molecule has 0 aliphatic carbocycles. The zero-order valence-electron chi connectivity index (χ0n) is 8.15. The van der Waals surface area contributed by atoms with Gasteiger partial charge in [-0.25, -0.2) is 4.98 Å². The third-order valence-corrected chi connectivity index (χ3v) is 1.96. The summed E-state index contributed by atoms with van der Waals surface area (Å²) in [5.74, 6) is 1.22. The first-order valence-corrected chi connectivity index (χ1v) is 4.39. The summed E-state index contributed by atoms with van der Waals surface area (Å²) in [4.78, 5) is 3.78. The van der Waals surface area contributed by atoms with Gasteiger partial charge in [0.2, 0.25) is 0 Å². The molecule has 0 N–H and O–H groups in total. The first kappa shape index (κ1) is 8.81. The minimum Gasteiger partial charge on any atom is -0.425 e. The summed E-state index contributed by atoms with van der Waals surface area (Å²) < 4.78 is 10.5. The summed E-state index contributed by atoms with van der Waals surface area (Å²) in [6.07, 6.45) is 2.89. The van der Waals surface area contributed by atoms with Gasteiger partial charge >= 0.3 is 5.95 Å². The summed E-state index contributed by atoms with van der Waals surface area (Å²) >= 11 is 0. The van der Waals surface area contributed by atoms with Crippen LogP contribution in [0.25, 0.3) is 0 Å². The van der Waals surface area contributed by atoms with Gasteiger partial charge in [0.05, 0.1) is 0 Å². The molecule has 72 valence electrons. The standard InChI is InChI=1S/C11H11NO2/c1-8-3-4-9(2)10(5-8)14-11-6-12-7-13-11/h3-7H,1-2H3. The summed E-state index contributed by atoms with van der Waals surface area (Å²) in [6.45, 7) is 4.01. The second-order valence-electron chi connectivity index (χ2n) is 3.19. The fraction of sp³-hybridized carbons (Fsp3) is 0.182. The van der Waals surface area contributed by atoms with Crippen LogP contribution in [-0.4, -0.2) is 4.98 Å². The van der Waals surface area contributed by atoms with E-state index in [4.69, 9.17) is 9.15 Å². The molecule has 0 unspecified atom stereocenters. The van der Waals surface area contributed by atoms with Crippen molar-refractivity contribution in [3.05, 3.63) is 41.9 Å². The fourth-order valence-electron chi connectivity index (χ4n) is 1.18. The van der Waals surface area contributed by atoms with E-state index < -0.39 is 0 Å². The molecule has 2 aromatic rings. The van der Waals surface area contributed by atoms with E-state index in [1.54, 1.807) is 6.20 Å². The summed E-state index contributed by atoms with van der Waals surface area (Å²) in [5.41, 5.74) is 2.23. The SMILES string of the molecule is Cc1ccc(C)c(Oc2cnco2)c1. The molecule has 1 aromatic carbocycles. The highest BCUT2D eigenvalue weighted by atomic mass is 16.6. The Morgan fingerprint density at radius 1 is 1.29 bits per heavy atom. The van der Waals surface area contributed by atoms with Crippen molar-refractivity contribution in [1.29, 1.82) is 0 Å². The smallest absolute Gasteiger partial charge is 0.310 e. The van der Waals surface area contributed by atoms with Crippen LogP contribution < -0.4 is 4.74 Å². The van der Waals surface area contributed by atoms with Crippen molar-refractivity contribution in [2.45, 2.75) is 13.8 Å². The number of hydrogen-bond donors (Lipinski definition) is 0. The largest absolute Gasteiger partial charge is 0.425 e. The number of aryl methyl sites for hydroxylation is 2. The van der Waals surface area contributed by atoms with Gasteiger partial charge in [0.1, 0.15) is 11.9 Å². The van der Waals surface area contributed by atoms with Gasteiger partial charge in [-0.05, 0) is 31.0 Å². The molecule has 0 saturated carbocycles. The maximum Gasteiger partial charge on any atom is 0.310 e. The van der Waals surface area contributed by atoms with Crippen LogP contribution in [0.1, 0.15) is 11.1 Å². The maximum absolute atomic E-state index is 5.50. The average Bonchev–Trinajstić information content (AvgIpc) is 2.64. The second-order valence-corrected chi connectivity index (χ2v) is 3.19. The van der Waals surface area contributed by atoms with Gasteiger partial charge in [0.25, 0.3) is 0 Å². The molecule has 0 spiro atoms. The van der Waals surface area contributed by atoms with E-state index in [0.29, 0.717) is 5.95 Å². The Hall–Kier alpha value is -1.77. The number of ether oxygens (including phenoxy) is 1. The Morgan fingerprint density at radius 2 is 2.14 bits per heavy atom. The van der Waals surface area contributed by atoms with Crippen molar-refractivity contribution in [3.63, 3.8) is 0 Å². The van der Waals surface area contributed by atoms with E-state index in [9.17, 15) is 0 Å². The van der Waals surface area contributed by atoms with Gasteiger partial charge in [-0.2, -0.15) is 0 Å². The lowest BCUT2D eigenvalue weighted by Gasteiger charge is -2.05. The minimum atomic E-state index is 0.415. The second kappa shape index (κ2) is 3.54. The number of rotatable bonds is 2. The Bertz CT molecular complexity index is 421. The highest BCUT2D eigenvalue weighted by Gasteiger charge is 2.03. The predicted octanol–water partition coefficient (Wildman–Crippen LogP) is 3.08. The van der Waals surface area contributed by atoms with Crippen LogP contribution in [0.2, 0.25) is 0 Å². The van der Waals surface area contributed by atoms with Crippen molar-refractivity contribution in [2.24, 2.45) is 0 Å². The van der Waals surface area contributed by atoms with Gasteiger partial charge in [0, 0.05) is 0 Å². The first-order chi connectivity index (χ1) is 6.75. The summed E-state index contributed by atoms with van der Waals surface area (Å²) in [6, 6.07) is 6.03. The molecule has 14 heavy (non-hydrogen) atoms. The monoisotopic (exact) mass is 189 g/mol. The Balaban J connectivity index is 2.28. The van der Waals surface area contributed by atoms with E-state index in [1.165, 1.54) is 6.39 Å². The average molecular weight is 189 g/mol. The lowest BCUT2D eigenvalue weighted by molar-refractivity contribution is 0.344. The minimum absolute atomic E-state index is 0.415. The number of aromatic nitrogens is 1. The lowest BCUT2D eigenvalue weighted by Crippen LogP contribution is -1.86. The Morgan fingerprint density at radius 3 is 2.86 bits per heavy atom. The van der Waals surface area contributed by atoms with E-state index in [1.807, 2.05) is 32.0 Å². The number of oxazole rings is 1. The molecule has 0 atom stereocenters. The van der Waals surface area contributed by atoms with Crippen molar-refractivity contribution in [1.82, 2.24) is 4.98 Å². The van der Waals surface area contributed by atoms with E-state index in [2.05, 4.69) is 4.98 Å². The third kappa shape index (κ3) is 1.76. The molecule has 1 aromatic heterocycles. The normalized spacial score (nSPS) is 10.1. The van der Waals surface area contributed by atoms with Crippen LogP contribution in [-0.2, 0) is 0 Å². The van der Waals surface area contributed by atoms with Crippen LogP contribution in [0.4, 0.5) is 0 Å². The Kier molecular flexibility index (Phi) is 2.23. The van der Waals surface area contributed by atoms with Gasteiger partial charge in [-0.3, -0.25) is 0 Å². The number of nitrogens with zero attached hydrogens (tertiary/aromatic N) is 1. The quantitative estimate of drug-likeness (QED) is 0.728. The van der Waals surface area contributed by atoms with E-state index in [0.717, 1.165) is 16.9 Å². The molecule has 2 rings (SSSR count). The van der Waals surface area contributed by atoms with Gasteiger partial charge in [0.15, 0.2) is 6.39 Å². The van der Waals surface area contributed by atoms with E-state index in [-0.39, 0.29) is 0 Å². The fourth-order valence-corrected chi connectivity index (χ4v) is 1.18. The molecule has 0 aliphatic heterocycles. The molecule has 0 aliphatic rings. The topological polar surface area (TPSA) is 35.3 Å². The van der Waals surface area contributed by atoms with Crippen molar-refractivity contribution in [2.75, 3.05) is 0 Å². The van der Waals surface area contributed by atoms with Crippen molar-refractivity contribution >= 4 is 0 Å².